The van der Waals surface area contributed by atoms with E-state index in [1.807, 2.05) is 11.0 Å². The van der Waals surface area contributed by atoms with E-state index in [0.717, 1.165) is 50.2 Å². The Morgan fingerprint density at radius 3 is 2.54 bits per heavy atom. The van der Waals surface area contributed by atoms with E-state index in [0.29, 0.717) is 37.1 Å². The summed E-state index contributed by atoms with van der Waals surface area (Å²) in [6, 6.07) is 10.1. The van der Waals surface area contributed by atoms with E-state index in [1.165, 1.54) is 12.5 Å². The number of carbonyl (C=O) groups is 3. The van der Waals surface area contributed by atoms with Crippen molar-refractivity contribution in [3.05, 3.63) is 35.9 Å². The molecule has 5 atom stereocenters. The van der Waals surface area contributed by atoms with E-state index in [9.17, 15) is 19.5 Å². The Kier molecular flexibility index (Phi) is 5.45. The second kappa shape index (κ2) is 8.30. The second-order valence-electron chi connectivity index (χ2n) is 11.8. The summed E-state index contributed by atoms with van der Waals surface area (Å²) in [5.41, 5.74) is -1.32. The van der Waals surface area contributed by atoms with Gasteiger partial charge in [-0.2, -0.15) is 0 Å². The van der Waals surface area contributed by atoms with Crippen LogP contribution in [0.1, 0.15) is 51.0 Å². The molecule has 6 aliphatic rings. The van der Waals surface area contributed by atoms with Crippen LogP contribution in [0, 0.1) is 17.8 Å². The summed E-state index contributed by atoms with van der Waals surface area (Å²) < 4.78 is 0. The minimum absolute atomic E-state index is 0.106. The SMILES string of the molecule is CC(O)(CN1C(=O)NC2(CCCC2)C1=O)C(=O)N1CC2CCC1C1CN(Cc3ccccc3)CC21. The molecule has 35 heavy (non-hydrogen) atoms. The smallest absolute Gasteiger partial charge is 0.325 e. The van der Waals surface area contributed by atoms with E-state index in [-0.39, 0.29) is 24.4 Å². The highest BCUT2D eigenvalue weighted by Crippen LogP contribution is 2.48. The Bertz CT molecular complexity index is 1020. The Morgan fingerprint density at radius 1 is 1.09 bits per heavy atom. The van der Waals surface area contributed by atoms with Gasteiger partial charge in [-0.25, -0.2) is 4.79 Å². The molecule has 0 aromatic heterocycles. The monoisotopic (exact) mass is 480 g/mol. The van der Waals surface area contributed by atoms with Crippen LogP contribution in [0.15, 0.2) is 30.3 Å². The quantitative estimate of drug-likeness (QED) is 0.629. The number of β-amino-alcohol motifs (C(OH)–C–C–N with tert-alkyl or cyclic N) is 1. The maximum atomic E-state index is 13.7. The molecule has 2 saturated carbocycles. The molecule has 1 aromatic carbocycles. The second-order valence-corrected chi connectivity index (χ2v) is 11.8. The number of aliphatic hydroxyl groups is 1. The van der Waals surface area contributed by atoms with Crippen LogP contribution in [-0.2, 0) is 16.1 Å². The lowest BCUT2D eigenvalue weighted by Crippen LogP contribution is -2.64. The molecule has 7 rings (SSSR count). The van der Waals surface area contributed by atoms with Gasteiger partial charge >= 0.3 is 6.03 Å². The van der Waals surface area contributed by atoms with Crippen LogP contribution in [0.25, 0.3) is 0 Å². The number of likely N-dealkylation sites (tertiary alicyclic amines) is 1. The van der Waals surface area contributed by atoms with Crippen LogP contribution in [0.3, 0.4) is 0 Å². The first kappa shape index (κ1) is 23.0. The summed E-state index contributed by atoms with van der Waals surface area (Å²) in [5, 5.41) is 14.2. The van der Waals surface area contributed by atoms with Crippen LogP contribution in [0.4, 0.5) is 4.79 Å². The van der Waals surface area contributed by atoms with Crippen molar-refractivity contribution < 1.29 is 19.5 Å². The molecule has 8 nitrogen and oxygen atoms in total. The fourth-order valence-electron chi connectivity index (χ4n) is 7.69. The Morgan fingerprint density at radius 2 is 1.80 bits per heavy atom. The number of carbonyl (C=O) groups excluding carboxylic acids is 3. The van der Waals surface area contributed by atoms with Crippen molar-refractivity contribution in [3.63, 3.8) is 0 Å². The van der Waals surface area contributed by atoms with Gasteiger partial charge in [0.25, 0.3) is 11.8 Å². The third kappa shape index (κ3) is 3.76. The number of benzene rings is 1. The fourth-order valence-corrected chi connectivity index (χ4v) is 7.69. The summed E-state index contributed by atoms with van der Waals surface area (Å²) in [7, 11) is 0. The number of urea groups is 1. The van der Waals surface area contributed by atoms with E-state index >= 15 is 0 Å². The maximum Gasteiger partial charge on any atom is 0.325 e. The standard InChI is InChI=1S/C27H36N4O4/c1-26(35,17-31-24(33)27(28-25(31)34)11-5-6-12-27)23(32)30-14-19-9-10-22(30)21-16-29(15-20(19)21)13-18-7-3-2-4-8-18/h2-4,7-8,19-22,35H,5-6,9-17H2,1H3,(H,28,34). The predicted molar refractivity (Wildman–Crippen MR) is 129 cm³/mol. The van der Waals surface area contributed by atoms with E-state index in [1.54, 1.807) is 0 Å². The minimum Gasteiger partial charge on any atom is -0.378 e. The molecule has 1 spiro atoms. The first-order valence-corrected chi connectivity index (χ1v) is 13.2. The number of nitrogens with zero attached hydrogens (tertiary/aromatic N) is 3. The van der Waals surface area contributed by atoms with Gasteiger partial charge in [0.2, 0.25) is 0 Å². The molecule has 6 fully saturated rings. The summed E-state index contributed by atoms with van der Waals surface area (Å²) in [5.74, 6) is 0.786. The first-order valence-electron chi connectivity index (χ1n) is 13.2. The lowest BCUT2D eigenvalue weighted by Gasteiger charge is -2.53. The Labute approximate surface area is 206 Å². The van der Waals surface area contributed by atoms with Gasteiger partial charge in [0, 0.05) is 32.2 Å². The lowest BCUT2D eigenvalue weighted by molar-refractivity contribution is -0.164. The molecule has 5 unspecified atom stereocenters. The average molecular weight is 481 g/mol. The number of rotatable bonds is 5. The Balaban J connectivity index is 1.15. The molecule has 2 bridgehead atoms. The summed E-state index contributed by atoms with van der Waals surface area (Å²) in [6.07, 6.45) is 5.13. The van der Waals surface area contributed by atoms with Crippen LogP contribution in [0.5, 0.6) is 0 Å². The summed E-state index contributed by atoms with van der Waals surface area (Å²) >= 11 is 0. The lowest BCUT2D eigenvalue weighted by atomic mass is 9.66. The zero-order valence-corrected chi connectivity index (χ0v) is 20.5. The first-order chi connectivity index (χ1) is 16.8. The van der Waals surface area contributed by atoms with Crippen molar-refractivity contribution in [1.82, 2.24) is 20.0 Å². The van der Waals surface area contributed by atoms with E-state index < -0.39 is 17.2 Å². The van der Waals surface area contributed by atoms with Gasteiger partial charge < -0.3 is 15.3 Å². The largest absolute Gasteiger partial charge is 0.378 e. The number of fused-ring (bicyclic) bond motifs is 2. The van der Waals surface area contributed by atoms with Gasteiger partial charge in [-0.1, -0.05) is 43.2 Å². The molecule has 0 radical (unpaired) electrons. The molecule has 4 amide bonds. The molecular formula is C27H36N4O4. The topological polar surface area (TPSA) is 93.2 Å². The third-order valence-electron chi connectivity index (χ3n) is 9.39. The van der Waals surface area contributed by atoms with Crippen molar-refractivity contribution in [2.75, 3.05) is 26.2 Å². The van der Waals surface area contributed by atoms with Gasteiger partial charge in [0.15, 0.2) is 5.60 Å². The molecule has 4 heterocycles. The van der Waals surface area contributed by atoms with Crippen LogP contribution in [-0.4, -0.2) is 81.0 Å². The van der Waals surface area contributed by atoms with Gasteiger partial charge in [-0.05, 0) is 55.9 Å². The number of hydrogen-bond donors (Lipinski definition) is 2. The van der Waals surface area contributed by atoms with Crippen LogP contribution < -0.4 is 5.32 Å². The van der Waals surface area contributed by atoms with Crippen molar-refractivity contribution in [1.29, 1.82) is 0 Å². The molecule has 1 aromatic rings. The normalized spacial score (nSPS) is 33.3. The average Bonchev–Trinajstić information content (AvgIpc) is 3.55. The van der Waals surface area contributed by atoms with Gasteiger partial charge in [0.05, 0.1) is 6.54 Å². The minimum atomic E-state index is -1.80. The predicted octanol–water partition coefficient (Wildman–Crippen LogP) is 1.97. The molecule has 8 heteroatoms. The van der Waals surface area contributed by atoms with Gasteiger partial charge in [0.1, 0.15) is 5.54 Å². The number of imide groups is 1. The van der Waals surface area contributed by atoms with Crippen LogP contribution >= 0.6 is 0 Å². The summed E-state index contributed by atoms with van der Waals surface area (Å²) in [4.78, 5) is 44.9. The van der Waals surface area contributed by atoms with E-state index in [4.69, 9.17) is 0 Å². The van der Waals surface area contributed by atoms with Gasteiger partial charge in [-0.3, -0.25) is 19.4 Å². The van der Waals surface area contributed by atoms with Crippen molar-refractivity contribution >= 4 is 17.8 Å². The highest BCUT2D eigenvalue weighted by molar-refractivity contribution is 6.07. The molecule has 2 aliphatic carbocycles. The molecule has 2 N–H and O–H groups in total. The summed E-state index contributed by atoms with van der Waals surface area (Å²) in [6.45, 7) is 4.77. The highest BCUT2D eigenvalue weighted by atomic mass is 16.3. The van der Waals surface area contributed by atoms with Crippen molar-refractivity contribution in [2.45, 2.75) is 69.2 Å². The van der Waals surface area contributed by atoms with Gasteiger partial charge in [-0.15, -0.1) is 0 Å². The number of hydrogen-bond acceptors (Lipinski definition) is 5. The third-order valence-corrected chi connectivity index (χ3v) is 9.39. The number of nitrogens with one attached hydrogen (secondary N) is 1. The highest BCUT2D eigenvalue weighted by Gasteiger charge is 2.57. The Hall–Kier alpha value is -2.45. The molecule has 188 valence electrons. The zero-order valence-electron chi connectivity index (χ0n) is 20.5. The molecular weight excluding hydrogens is 444 g/mol. The molecule has 4 aliphatic heterocycles. The molecule has 4 saturated heterocycles. The maximum absolute atomic E-state index is 13.7. The number of amides is 4. The number of piperidine rings is 2. The fraction of sp³-hybridized carbons (Fsp3) is 0.667. The van der Waals surface area contributed by atoms with Crippen LogP contribution in [0.2, 0.25) is 0 Å². The van der Waals surface area contributed by atoms with E-state index in [2.05, 4.69) is 34.5 Å². The zero-order chi connectivity index (χ0) is 24.4. The van der Waals surface area contributed by atoms with Crippen molar-refractivity contribution in [2.24, 2.45) is 17.8 Å². The van der Waals surface area contributed by atoms with Crippen molar-refractivity contribution in [3.8, 4) is 0 Å².